The van der Waals surface area contributed by atoms with Crippen molar-refractivity contribution in [1.29, 1.82) is 0 Å². The lowest BCUT2D eigenvalue weighted by Crippen LogP contribution is -2.24. The maximum absolute atomic E-state index is 13.4. The Kier molecular flexibility index (Phi) is 4.46. The predicted octanol–water partition coefficient (Wildman–Crippen LogP) is 1.12. The summed E-state index contributed by atoms with van der Waals surface area (Å²) in [5, 5.41) is 0. The number of nitrogens with one attached hydrogen (secondary N) is 2. The molecule has 2 aromatic rings. The number of rotatable bonds is 5. The molecule has 0 aliphatic rings. The monoisotopic (exact) mass is 314 g/mol. The van der Waals surface area contributed by atoms with Gasteiger partial charge in [-0.05, 0) is 12.1 Å². The molecule has 0 fully saturated rings. The molecule has 0 unspecified atom stereocenters. The van der Waals surface area contributed by atoms with Crippen molar-refractivity contribution in [2.24, 2.45) is 5.84 Å². The van der Waals surface area contributed by atoms with Crippen molar-refractivity contribution in [3.05, 3.63) is 53.7 Å². The maximum atomic E-state index is 13.4. The van der Waals surface area contributed by atoms with Crippen LogP contribution in [0.15, 0.2) is 41.4 Å². The summed E-state index contributed by atoms with van der Waals surface area (Å²) in [6.07, 6.45) is 1.27. The minimum absolute atomic E-state index is 0.0335. The zero-order valence-electron chi connectivity index (χ0n) is 10.7. The lowest BCUT2D eigenvalue weighted by atomic mass is 10.2. The molecule has 0 saturated heterocycles. The van der Waals surface area contributed by atoms with Crippen molar-refractivity contribution in [3.8, 4) is 0 Å². The predicted molar refractivity (Wildman–Crippen MR) is 72.4 cm³/mol. The molecule has 1 aromatic carbocycles. The molecule has 4 N–H and O–H groups in total. The molecule has 0 atom stereocenters. The summed E-state index contributed by atoms with van der Waals surface area (Å²) in [4.78, 5) is 3.71. The zero-order chi connectivity index (χ0) is 15.5. The van der Waals surface area contributed by atoms with Crippen molar-refractivity contribution < 1.29 is 17.2 Å². The number of anilines is 1. The van der Waals surface area contributed by atoms with Crippen LogP contribution >= 0.6 is 0 Å². The van der Waals surface area contributed by atoms with Crippen LogP contribution in [0.4, 0.5) is 14.6 Å². The largest absolute Gasteiger partial charge is 0.308 e. The Bertz CT molecular complexity index is 753. The topological polar surface area (TPSA) is 97.1 Å². The van der Waals surface area contributed by atoms with Crippen LogP contribution in [0.2, 0.25) is 0 Å². The second-order valence-electron chi connectivity index (χ2n) is 4.08. The number of halogens is 2. The molecule has 0 aliphatic heterocycles. The van der Waals surface area contributed by atoms with E-state index in [1.807, 2.05) is 0 Å². The molecule has 0 amide bonds. The molecule has 0 radical (unpaired) electrons. The Morgan fingerprint density at radius 2 is 1.95 bits per heavy atom. The first kappa shape index (κ1) is 15.3. The van der Waals surface area contributed by atoms with Crippen LogP contribution in [0.3, 0.4) is 0 Å². The number of hydrogen-bond acceptors (Lipinski definition) is 5. The highest BCUT2D eigenvalue weighted by Crippen LogP contribution is 2.14. The molecule has 0 saturated carbocycles. The SMILES string of the molecule is NNc1cc(S(=O)(=O)NCc2ccc(F)cc2F)ccn1. The Morgan fingerprint density at radius 3 is 2.62 bits per heavy atom. The van der Waals surface area contributed by atoms with Crippen LogP contribution in [-0.2, 0) is 16.6 Å². The molecule has 1 aromatic heterocycles. The van der Waals surface area contributed by atoms with E-state index in [9.17, 15) is 17.2 Å². The highest BCUT2D eigenvalue weighted by Gasteiger charge is 2.15. The van der Waals surface area contributed by atoms with Gasteiger partial charge in [-0.3, -0.25) is 0 Å². The van der Waals surface area contributed by atoms with Gasteiger partial charge in [-0.15, -0.1) is 0 Å². The summed E-state index contributed by atoms with van der Waals surface area (Å²) in [7, 11) is -3.86. The average molecular weight is 314 g/mol. The molecule has 0 spiro atoms. The van der Waals surface area contributed by atoms with Gasteiger partial charge in [0, 0.05) is 30.4 Å². The minimum Gasteiger partial charge on any atom is -0.308 e. The summed E-state index contributed by atoms with van der Waals surface area (Å²) in [6.45, 7) is -0.303. The average Bonchev–Trinajstić information content (AvgIpc) is 2.46. The van der Waals surface area contributed by atoms with Gasteiger partial charge in [0.2, 0.25) is 10.0 Å². The lowest BCUT2D eigenvalue weighted by Gasteiger charge is -2.08. The van der Waals surface area contributed by atoms with E-state index in [0.29, 0.717) is 6.07 Å². The van der Waals surface area contributed by atoms with Gasteiger partial charge in [-0.1, -0.05) is 6.07 Å². The Labute approximate surface area is 120 Å². The van der Waals surface area contributed by atoms with Crippen LogP contribution in [0.25, 0.3) is 0 Å². The number of nitrogen functional groups attached to an aromatic ring is 1. The smallest absolute Gasteiger partial charge is 0.241 e. The van der Waals surface area contributed by atoms with E-state index in [1.165, 1.54) is 24.4 Å². The first-order chi connectivity index (χ1) is 9.92. The molecule has 112 valence electrons. The molecule has 1 heterocycles. The number of pyridine rings is 1. The van der Waals surface area contributed by atoms with Crippen molar-refractivity contribution in [3.63, 3.8) is 0 Å². The van der Waals surface area contributed by atoms with Crippen molar-refractivity contribution in [2.75, 3.05) is 5.43 Å². The quantitative estimate of drug-likeness (QED) is 0.568. The van der Waals surface area contributed by atoms with Gasteiger partial charge < -0.3 is 5.43 Å². The second-order valence-corrected chi connectivity index (χ2v) is 5.85. The van der Waals surface area contributed by atoms with Gasteiger partial charge in [0.1, 0.15) is 17.5 Å². The van der Waals surface area contributed by atoms with Crippen molar-refractivity contribution >= 4 is 15.8 Å². The van der Waals surface area contributed by atoms with Crippen LogP contribution < -0.4 is 16.0 Å². The van der Waals surface area contributed by atoms with E-state index >= 15 is 0 Å². The lowest BCUT2D eigenvalue weighted by molar-refractivity contribution is 0.562. The number of aromatic nitrogens is 1. The summed E-state index contributed by atoms with van der Waals surface area (Å²) in [6, 6.07) is 5.41. The number of sulfonamides is 1. The van der Waals surface area contributed by atoms with Crippen molar-refractivity contribution in [2.45, 2.75) is 11.4 Å². The summed E-state index contributed by atoms with van der Waals surface area (Å²) < 4.78 is 52.5. The third-order valence-electron chi connectivity index (χ3n) is 2.66. The Hall–Kier alpha value is -2.10. The molecule has 6 nitrogen and oxygen atoms in total. The highest BCUT2D eigenvalue weighted by atomic mass is 32.2. The first-order valence-corrected chi connectivity index (χ1v) is 7.27. The Morgan fingerprint density at radius 1 is 1.19 bits per heavy atom. The maximum Gasteiger partial charge on any atom is 0.241 e. The molecule has 21 heavy (non-hydrogen) atoms. The van der Waals surface area contributed by atoms with Gasteiger partial charge >= 0.3 is 0 Å². The molecule has 0 bridgehead atoms. The van der Waals surface area contributed by atoms with Gasteiger partial charge in [0.25, 0.3) is 0 Å². The molecule has 2 rings (SSSR count). The fourth-order valence-electron chi connectivity index (χ4n) is 1.58. The van der Waals surface area contributed by atoms with E-state index in [1.54, 1.807) is 0 Å². The fraction of sp³-hybridized carbons (Fsp3) is 0.0833. The van der Waals surface area contributed by atoms with Crippen LogP contribution in [0.1, 0.15) is 5.56 Å². The van der Waals surface area contributed by atoms with Crippen molar-refractivity contribution in [1.82, 2.24) is 9.71 Å². The second kappa shape index (κ2) is 6.12. The van der Waals surface area contributed by atoms with Gasteiger partial charge in [-0.25, -0.2) is 32.7 Å². The van der Waals surface area contributed by atoms with Gasteiger partial charge in [-0.2, -0.15) is 0 Å². The standard InChI is InChI=1S/C12H12F2N4O2S/c13-9-2-1-8(11(14)5-9)7-17-21(19,20)10-3-4-16-12(6-10)18-15/h1-6,17H,7,15H2,(H,16,18). The molecule has 9 heteroatoms. The fourth-order valence-corrected chi connectivity index (χ4v) is 2.60. The Balaban J connectivity index is 2.17. The van der Waals surface area contributed by atoms with E-state index in [0.717, 1.165) is 6.07 Å². The summed E-state index contributed by atoms with van der Waals surface area (Å²) >= 11 is 0. The zero-order valence-corrected chi connectivity index (χ0v) is 11.5. The van der Waals surface area contributed by atoms with E-state index in [4.69, 9.17) is 5.84 Å². The highest BCUT2D eigenvalue weighted by molar-refractivity contribution is 7.89. The summed E-state index contributed by atoms with van der Waals surface area (Å²) in [5.41, 5.74) is 2.26. The number of nitrogens with two attached hydrogens (primary N) is 1. The molecule has 0 aliphatic carbocycles. The number of hydrazine groups is 1. The first-order valence-electron chi connectivity index (χ1n) is 5.78. The van der Waals surface area contributed by atoms with Crippen LogP contribution in [-0.4, -0.2) is 13.4 Å². The normalized spacial score (nSPS) is 11.4. The van der Waals surface area contributed by atoms with E-state index in [2.05, 4.69) is 15.1 Å². The minimum atomic E-state index is -3.86. The molecular weight excluding hydrogens is 302 g/mol. The number of hydrogen-bond donors (Lipinski definition) is 3. The number of nitrogens with zero attached hydrogens (tertiary/aromatic N) is 1. The van der Waals surface area contributed by atoms with E-state index in [-0.39, 0.29) is 22.8 Å². The van der Waals surface area contributed by atoms with Crippen LogP contribution in [0.5, 0.6) is 0 Å². The summed E-state index contributed by atoms with van der Waals surface area (Å²) in [5.74, 6) is 3.77. The number of benzene rings is 1. The third kappa shape index (κ3) is 3.72. The third-order valence-corrected chi connectivity index (χ3v) is 4.06. The van der Waals surface area contributed by atoms with E-state index < -0.39 is 21.7 Å². The van der Waals surface area contributed by atoms with Gasteiger partial charge in [0.05, 0.1) is 4.90 Å². The van der Waals surface area contributed by atoms with Crippen LogP contribution in [0, 0.1) is 11.6 Å². The van der Waals surface area contributed by atoms with Gasteiger partial charge in [0.15, 0.2) is 0 Å². The molecular formula is C12H12F2N4O2S.